The van der Waals surface area contributed by atoms with Crippen LogP contribution in [0.25, 0.3) is 10.6 Å². The lowest BCUT2D eigenvalue weighted by Gasteiger charge is -2.15. The zero-order valence-electron chi connectivity index (χ0n) is 25.0. The number of hydrogen-bond donors (Lipinski definition) is 2. The van der Waals surface area contributed by atoms with Crippen molar-refractivity contribution in [1.29, 1.82) is 0 Å². The smallest absolute Gasteiger partial charge is 0.310 e. The highest BCUT2D eigenvalue weighted by Gasteiger charge is 2.31. The second-order valence-electron chi connectivity index (χ2n) is 11.0. The Morgan fingerprint density at radius 2 is 1.89 bits per heavy atom. The van der Waals surface area contributed by atoms with Gasteiger partial charge in [0, 0.05) is 35.3 Å². The molecule has 238 valence electrons. The molecule has 13 heteroatoms. The highest BCUT2D eigenvalue weighted by Crippen LogP contribution is 2.34. The van der Waals surface area contributed by atoms with Crippen LogP contribution in [-0.4, -0.2) is 69.4 Å². The van der Waals surface area contributed by atoms with Gasteiger partial charge in [-0.3, -0.25) is 14.4 Å². The number of hydrogen-bond acceptors (Lipinski definition) is 10. The molecule has 1 unspecified atom stereocenters. The molecule has 0 radical (unpaired) electrons. The number of aromatic nitrogens is 1. The molecule has 1 aromatic heterocycles. The minimum Gasteiger partial charge on any atom is -0.494 e. The van der Waals surface area contributed by atoms with Gasteiger partial charge in [0.25, 0.3) is 11.8 Å². The Bertz CT molecular complexity index is 1890. The number of sulfone groups is 1. The van der Waals surface area contributed by atoms with Crippen molar-refractivity contribution < 1.29 is 32.3 Å². The van der Waals surface area contributed by atoms with Crippen LogP contribution < -0.4 is 15.4 Å². The Hall–Kier alpha value is -4.59. The van der Waals surface area contributed by atoms with E-state index in [1.807, 2.05) is 24.3 Å². The fraction of sp³-hybridized carbons (Fsp3) is 0.273. The molecule has 2 aliphatic heterocycles. The molecule has 0 spiro atoms. The number of esters is 1. The number of nitrogens with zero attached hydrogens (tertiary/aromatic N) is 2. The Labute approximate surface area is 270 Å². The van der Waals surface area contributed by atoms with Crippen molar-refractivity contribution >= 4 is 44.6 Å². The Morgan fingerprint density at radius 1 is 1.09 bits per heavy atom. The molecule has 1 atom stereocenters. The van der Waals surface area contributed by atoms with Gasteiger partial charge in [0.2, 0.25) is 9.84 Å². The Morgan fingerprint density at radius 3 is 2.70 bits per heavy atom. The first kappa shape index (κ1) is 31.4. The lowest BCUT2D eigenvalue weighted by molar-refractivity contribution is -0.144. The fourth-order valence-corrected chi connectivity index (χ4v) is 8.01. The van der Waals surface area contributed by atoms with Crippen molar-refractivity contribution in [3.63, 3.8) is 0 Å². The lowest BCUT2D eigenvalue weighted by Crippen LogP contribution is -2.25. The normalized spacial score (nSPS) is 16.9. The maximum Gasteiger partial charge on any atom is 0.310 e. The molecule has 2 amide bonds. The van der Waals surface area contributed by atoms with Gasteiger partial charge in [-0.2, -0.15) is 0 Å². The van der Waals surface area contributed by atoms with Gasteiger partial charge in [0.1, 0.15) is 10.8 Å². The van der Waals surface area contributed by atoms with Crippen LogP contribution in [0.15, 0.2) is 82.7 Å². The van der Waals surface area contributed by atoms with E-state index in [0.29, 0.717) is 6.61 Å². The number of carbonyl (C=O) groups excluding carboxylic acids is 3. The van der Waals surface area contributed by atoms with Gasteiger partial charge in [-0.05, 0) is 74.0 Å². The number of methoxy groups -OCH3 is 1. The first-order valence-corrected chi connectivity index (χ1v) is 17.1. The quantitative estimate of drug-likeness (QED) is 0.187. The van der Waals surface area contributed by atoms with Crippen LogP contribution >= 0.6 is 11.3 Å². The van der Waals surface area contributed by atoms with E-state index in [-0.39, 0.29) is 45.0 Å². The van der Waals surface area contributed by atoms with Crippen molar-refractivity contribution in [2.75, 3.05) is 38.7 Å². The van der Waals surface area contributed by atoms with Crippen LogP contribution in [0.2, 0.25) is 0 Å². The summed E-state index contributed by atoms with van der Waals surface area (Å²) in [4.78, 5) is 44.9. The summed E-state index contributed by atoms with van der Waals surface area (Å²) < 4.78 is 37.2. The van der Waals surface area contributed by atoms with Crippen LogP contribution in [0.3, 0.4) is 0 Å². The van der Waals surface area contributed by atoms with Gasteiger partial charge in [-0.1, -0.05) is 12.1 Å². The number of anilines is 1. The Balaban J connectivity index is 1.00. The number of nitrogens with one attached hydrogen (secondary N) is 2. The van der Waals surface area contributed by atoms with E-state index < -0.39 is 21.7 Å². The van der Waals surface area contributed by atoms with Gasteiger partial charge < -0.3 is 25.0 Å². The van der Waals surface area contributed by atoms with Crippen LogP contribution in [-0.2, 0) is 25.9 Å². The Kier molecular flexibility index (Phi) is 9.15. The van der Waals surface area contributed by atoms with E-state index in [0.717, 1.165) is 53.7 Å². The van der Waals surface area contributed by atoms with Crippen molar-refractivity contribution in [2.24, 2.45) is 5.92 Å². The number of benzene rings is 3. The maximum atomic E-state index is 13.2. The van der Waals surface area contributed by atoms with Crippen molar-refractivity contribution in [2.45, 2.75) is 29.2 Å². The van der Waals surface area contributed by atoms with E-state index in [4.69, 9.17) is 9.47 Å². The van der Waals surface area contributed by atoms with Crippen molar-refractivity contribution in [1.82, 2.24) is 15.2 Å². The average molecular weight is 661 g/mol. The van der Waals surface area contributed by atoms with Crippen LogP contribution in [0.5, 0.6) is 5.75 Å². The summed E-state index contributed by atoms with van der Waals surface area (Å²) in [7, 11) is -2.52. The van der Waals surface area contributed by atoms with Crippen LogP contribution in [0.1, 0.15) is 38.4 Å². The zero-order valence-corrected chi connectivity index (χ0v) is 26.7. The molecular weight excluding hydrogens is 629 g/mol. The van der Waals surface area contributed by atoms with Gasteiger partial charge in [0.15, 0.2) is 0 Å². The molecule has 46 heavy (non-hydrogen) atoms. The average Bonchev–Trinajstić information content (AvgIpc) is 3.74. The van der Waals surface area contributed by atoms with Crippen molar-refractivity contribution in [3.05, 3.63) is 88.9 Å². The van der Waals surface area contributed by atoms with E-state index >= 15 is 0 Å². The van der Waals surface area contributed by atoms with Gasteiger partial charge in [-0.15, -0.1) is 11.3 Å². The molecule has 1 fully saturated rings. The third-order valence-corrected chi connectivity index (χ3v) is 10.9. The number of likely N-dealkylation sites (tertiary alicyclic amines) is 1. The summed E-state index contributed by atoms with van der Waals surface area (Å²) in [5, 5.41) is 6.27. The molecule has 0 bridgehead atoms. The topological polar surface area (TPSA) is 144 Å². The zero-order chi connectivity index (χ0) is 32.3. The minimum absolute atomic E-state index is 0.0341. The summed E-state index contributed by atoms with van der Waals surface area (Å²) in [6.45, 7) is 3.28. The predicted octanol–water partition coefficient (Wildman–Crippen LogP) is 4.40. The van der Waals surface area contributed by atoms with Crippen LogP contribution in [0, 0.1) is 5.92 Å². The summed E-state index contributed by atoms with van der Waals surface area (Å²) in [5.74, 6) is -0.382. The molecule has 1 saturated heterocycles. The third kappa shape index (κ3) is 6.66. The predicted molar refractivity (Wildman–Crippen MR) is 172 cm³/mol. The number of fused-ring (bicyclic) bond motifs is 2. The van der Waals surface area contributed by atoms with E-state index in [1.165, 1.54) is 48.8 Å². The SMILES string of the molecule is COC(=O)C1CCN(CCCOc2ccc(-c3ncc(CNC(=O)c4ccc5c(c4)NC(=O)c4ccccc4S5(=O)=O)s3)cc2)C1. The first-order valence-electron chi connectivity index (χ1n) is 14.8. The number of amides is 2. The summed E-state index contributed by atoms with van der Waals surface area (Å²) >= 11 is 1.45. The number of ether oxygens (including phenoxy) is 2. The van der Waals surface area contributed by atoms with E-state index in [9.17, 15) is 22.8 Å². The summed E-state index contributed by atoms with van der Waals surface area (Å²) in [5.41, 5.74) is 1.25. The minimum atomic E-state index is -3.95. The molecule has 2 N–H and O–H groups in total. The fourth-order valence-electron chi connectivity index (χ4n) is 5.56. The molecule has 11 nitrogen and oxygen atoms in total. The first-order chi connectivity index (χ1) is 22.2. The highest BCUT2D eigenvalue weighted by molar-refractivity contribution is 7.91. The van der Waals surface area contributed by atoms with Crippen LogP contribution in [0.4, 0.5) is 5.69 Å². The molecule has 4 aromatic rings. The highest BCUT2D eigenvalue weighted by atomic mass is 32.2. The van der Waals surface area contributed by atoms with E-state index in [1.54, 1.807) is 18.3 Å². The molecule has 3 aromatic carbocycles. The standard InChI is InChI=1S/C33H32N4O7S2/c1-43-33(40)23-13-15-37(20-23)14-4-16-44-24-10-7-21(8-11-24)32-35-19-25(45-32)18-34-30(38)22-9-12-29-27(17-22)36-31(39)26-5-2-3-6-28(26)46(29,41)42/h2-3,5-12,17,19,23H,4,13-16,18,20H2,1H3,(H,34,38)(H,36,39). The lowest BCUT2D eigenvalue weighted by atomic mass is 10.1. The maximum absolute atomic E-state index is 13.2. The largest absolute Gasteiger partial charge is 0.494 e. The van der Waals surface area contributed by atoms with Gasteiger partial charge in [-0.25, -0.2) is 13.4 Å². The monoisotopic (exact) mass is 660 g/mol. The van der Waals surface area contributed by atoms with Gasteiger partial charge in [0.05, 0.1) is 47.2 Å². The van der Waals surface area contributed by atoms with Gasteiger partial charge >= 0.3 is 5.97 Å². The molecule has 3 heterocycles. The summed E-state index contributed by atoms with van der Waals surface area (Å²) in [6.07, 6.45) is 3.39. The molecule has 6 rings (SSSR count). The summed E-state index contributed by atoms with van der Waals surface area (Å²) in [6, 6.07) is 17.8. The number of rotatable bonds is 10. The molecule has 0 saturated carbocycles. The van der Waals surface area contributed by atoms with Crippen molar-refractivity contribution in [3.8, 4) is 16.3 Å². The van der Waals surface area contributed by atoms with E-state index in [2.05, 4.69) is 20.5 Å². The number of carbonyl (C=O) groups is 3. The second-order valence-corrected chi connectivity index (χ2v) is 14.0. The third-order valence-electron chi connectivity index (χ3n) is 7.97. The molecular formula is C33H32N4O7S2. The number of thiazole rings is 1. The molecule has 0 aliphatic carbocycles. The second kappa shape index (κ2) is 13.4. The molecule has 2 aliphatic rings.